The number of aromatic nitrogens is 4. The average molecular weight is 430 g/mol. The van der Waals surface area contributed by atoms with Crippen molar-refractivity contribution in [1.29, 1.82) is 0 Å². The van der Waals surface area contributed by atoms with Gasteiger partial charge >= 0.3 is 0 Å². The predicted octanol–water partition coefficient (Wildman–Crippen LogP) is 3.75. The summed E-state index contributed by atoms with van der Waals surface area (Å²) >= 11 is 1.30. The summed E-state index contributed by atoms with van der Waals surface area (Å²) < 4.78 is 22.1. The number of nitrogens with zero attached hydrogens (tertiary/aromatic N) is 5. The third-order valence-corrected chi connectivity index (χ3v) is 7.05. The summed E-state index contributed by atoms with van der Waals surface area (Å²) in [5, 5.41) is 24.3. The molecule has 1 aromatic carbocycles. The maximum Gasteiger partial charge on any atom is 0.294 e. The summed E-state index contributed by atoms with van der Waals surface area (Å²) in [7, 11) is 2.01. The molecule has 0 spiro atoms. The number of halogens is 1. The molecule has 2 aliphatic heterocycles. The first-order valence-electron chi connectivity index (χ1n) is 10.2. The maximum absolute atomic E-state index is 14.3. The zero-order valence-corrected chi connectivity index (χ0v) is 17.7. The molecule has 4 heterocycles. The Morgan fingerprint density at radius 3 is 2.83 bits per heavy atom. The number of ether oxygens (including phenoxy) is 1. The number of alkyl halides is 1. The van der Waals surface area contributed by atoms with Gasteiger partial charge in [-0.05, 0) is 51.4 Å². The first-order valence-corrected chi connectivity index (χ1v) is 11.0. The van der Waals surface area contributed by atoms with Crippen LogP contribution in [0, 0.1) is 6.92 Å². The van der Waals surface area contributed by atoms with E-state index >= 15 is 0 Å². The molecule has 9 heteroatoms. The number of fused-ring (bicyclic) bond motifs is 2. The van der Waals surface area contributed by atoms with Gasteiger partial charge in [-0.2, -0.15) is 5.10 Å². The molecule has 0 saturated carbocycles. The minimum absolute atomic E-state index is 0.0606. The Labute approximate surface area is 178 Å². The van der Waals surface area contributed by atoms with Gasteiger partial charge in [-0.15, -0.1) is 5.10 Å². The standard InChI is InChI=1S/C21H24FN5O2S/c1-12-7-8-27(25-12)14-3-5-16(19(28)10-14)20-23-24-21(30-20)29-15-9-13-4-6-17(22)18(11-15)26(13)2/h3,5,7-8,10,13,15,17-18,28H,4,6,9,11H2,1-2H3. The highest BCUT2D eigenvalue weighted by Crippen LogP contribution is 2.38. The van der Waals surface area contributed by atoms with Crippen LogP contribution in [0.3, 0.4) is 0 Å². The number of piperidine rings is 2. The zero-order chi connectivity index (χ0) is 20.8. The zero-order valence-electron chi connectivity index (χ0n) is 16.9. The minimum Gasteiger partial charge on any atom is -0.507 e. The fourth-order valence-corrected chi connectivity index (χ4v) is 5.34. The summed E-state index contributed by atoms with van der Waals surface area (Å²) in [4.78, 5) is 2.17. The number of aryl methyl sites for hydroxylation is 1. The van der Waals surface area contributed by atoms with Crippen LogP contribution in [0.15, 0.2) is 30.5 Å². The van der Waals surface area contributed by atoms with E-state index in [0.29, 0.717) is 34.6 Å². The van der Waals surface area contributed by atoms with Gasteiger partial charge < -0.3 is 9.84 Å². The van der Waals surface area contributed by atoms with Crippen molar-refractivity contribution in [3.05, 3.63) is 36.2 Å². The number of phenols is 1. The van der Waals surface area contributed by atoms with Gasteiger partial charge in [0.1, 0.15) is 18.0 Å². The Kier molecular flexibility index (Phi) is 4.94. The topological polar surface area (TPSA) is 76.3 Å². The van der Waals surface area contributed by atoms with E-state index in [1.807, 2.05) is 32.3 Å². The summed E-state index contributed by atoms with van der Waals surface area (Å²) in [5.74, 6) is 0.109. The summed E-state index contributed by atoms with van der Waals surface area (Å²) in [6.07, 6.45) is 4.03. The van der Waals surface area contributed by atoms with Crippen LogP contribution in [0.4, 0.5) is 4.39 Å². The number of phenolic OH excluding ortho intramolecular Hbond substituents is 1. The summed E-state index contributed by atoms with van der Waals surface area (Å²) in [6.45, 7) is 1.92. The molecule has 4 atom stereocenters. The van der Waals surface area contributed by atoms with Crippen molar-refractivity contribution in [2.75, 3.05) is 7.05 Å². The Hall–Kier alpha value is -2.52. The van der Waals surface area contributed by atoms with Crippen LogP contribution >= 0.6 is 11.3 Å². The van der Waals surface area contributed by atoms with Crippen molar-refractivity contribution in [2.24, 2.45) is 0 Å². The Morgan fingerprint density at radius 1 is 1.20 bits per heavy atom. The van der Waals surface area contributed by atoms with Gasteiger partial charge in [-0.25, -0.2) is 9.07 Å². The molecule has 2 saturated heterocycles. The molecule has 30 heavy (non-hydrogen) atoms. The lowest BCUT2D eigenvalue weighted by Gasteiger charge is -2.47. The molecule has 158 valence electrons. The van der Waals surface area contributed by atoms with Crippen molar-refractivity contribution >= 4 is 11.3 Å². The molecular weight excluding hydrogens is 405 g/mol. The van der Waals surface area contributed by atoms with E-state index < -0.39 is 6.17 Å². The normalized spacial score (nSPS) is 26.6. The number of hydrogen-bond donors (Lipinski definition) is 1. The molecule has 5 rings (SSSR count). The van der Waals surface area contributed by atoms with E-state index in [2.05, 4.69) is 20.2 Å². The monoisotopic (exact) mass is 429 g/mol. The van der Waals surface area contributed by atoms with Gasteiger partial charge in [0.25, 0.3) is 5.19 Å². The molecule has 4 unspecified atom stereocenters. The van der Waals surface area contributed by atoms with E-state index in [4.69, 9.17) is 4.74 Å². The van der Waals surface area contributed by atoms with Gasteiger partial charge in [0.05, 0.1) is 16.9 Å². The van der Waals surface area contributed by atoms with Gasteiger partial charge in [-0.1, -0.05) is 16.4 Å². The van der Waals surface area contributed by atoms with E-state index in [1.54, 1.807) is 16.8 Å². The number of benzene rings is 1. The van der Waals surface area contributed by atoms with Crippen LogP contribution in [0.5, 0.6) is 10.9 Å². The molecule has 0 radical (unpaired) electrons. The maximum atomic E-state index is 14.3. The molecule has 2 aliphatic rings. The highest BCUT2D eigenvalue weighted by molar-refractivity contribution is 7.16. The van der Waals surface area contributed by atoms with Gasteiger partial charge in [0.15, 0.2) is 5.01 Å². The first kappa shape index (κ1) is 19.4. The van der Waals surface area contributed by atoms with Crippen LogP contribution < -0.4 is 4.74 Å². The molecule has 1 N–H and O–H groups in total. The second-order valence-electron chi connectivity index (χ2n) is 8.17. The van der Waals surface area contributed by atoms with Crippen LogP contribution in [0.2, 0.25) is 0 Å². The van der Waals surface area contributed by atoms with E-state index in [1.165, 1.54) is 11.3 Å². The Morgan fingerprint density at radius 2 is 2.07 bits per heavy atom. The average Bonchev–Trinajstić information content (AvgIpc) is 3.35. The minimum atomic E-state index is -0.795. The Balaban J connectivity index is 1.31. The van der Waals surface area contributed by atoms with Crippen LogP contribution in [0.25, 0.3) is 16.3 Å². The largest absolute Gasteiger partial charge is 0.507 e. The second-order valence-corrected chi connectivity index (χ2v) is 9.11. The van der Waals surface area contributed by atoms with Crippen molar-refractivity contribution in [2.45, 2.75) is 57.0 Å². The van der Waals surface area contributed by atoms with E-state index in [-0.39, 0.29) is 17.9 Å². The van der Waals surface area contributed by atoms with Crippen LogP contribution in [0.1, 0.15) is 31.4 Å². The molecule has 7 nitrogen and oxygen atoms in total. The van der Waals surface area contributed by atoms with E-state index in [0.717, 1.165) is 24.2 Å². The number of hydrogen-bond acceptors (Lipinski definition) is 7. The SMILES string of the molecule is Cc1ccn(-c2ccc(-c3nnc(OC4CC5CCC(F)C(C4)N5C)s3)c(O)c2)n1. The highest BCUT2D eigenvalue weighted by Gasteiger charge is 2.42. The van der Waals surface area contributed by atoms with E-state index in [9.17, 15) is 9.50 Å². The van der Waals surface area contributed by atoms with Crippen LogP contribution in [-0.2, 0) is 0 Å². The molecule has 0 aliphatic carbocycles. The van der Waals surface area contributed by atoms with Crippen LogP contribution in [-0.4, -0.2) is 61.4 Å². The fourth-order valence-electron chi connectivity index (χ4n) is 4.55. The van der Waals surface area contributed by atoms with Crippen molar-refractivity contribution in [3.63, 3.8) is 0 Å². The molecule has 2 bridgehead atoms. The smallest absolute Gasteiger partial charge is 0.294 e. The van der Waals surface area contributed by atoms with Gasteiger partial charge in [-0.3, -0.25) is 4.90 Å². The second kappa shape index (κ2) is 7.63. The number of aromatic hydroxyl groups is 1. The van der Waals surface area contributed by atoms with Gasteiger partial charge in [0.2, 0.25) is 0 Å². The lowest BCUT2D eigenvalue weighted by Crippen LogP contribution is -2.56. The fraction of sp³-hybridized carbons (Fsp3) is 0.476. The third kappa shape index (κ3) is 3.56. The quantitative estimate of drug-likeness (QED) is 0.681. The summed E-state index contributed by atoms with van der Waals surface area (Å²) in [6, 6.07) is 7.51. The molecule has 2 aromatic heterocycles. The molecular formula is C21H24FN5O2S. The number of rotatable bonds is 4. The van der Waals surface area contributed by atoms with Gasteiger partial charge in [0, 0.05) is 30.8 Å². The predicted molar refractivity (Wildman–Crippen MR) is 112 cm³/mol. The highest BCUT2D eigenvalue weighted by atomic mass is 32.1. The summed E-state index contributed by atoms with van der Waals surface area (Å²) in [5.41, 5.74) is 2.27. The lowest BCUT2D eigenvalue weighted by molar-refractivity contribution is -0.0392. The third-order valence-electron chi connectivity index (χ3n) is 6.20. The molecule has 3 aromatic rings. The molecule has 2 fully saturated rings. The van der Waals surface area contributed by atoms with Crippen molar-refractivity contribution in [1.82, 2.24) is 24.9 Å². The lowest BCUT2D eigenvalue weighted by atomic mass is 9.82. The first-order chi connectivity index (χ1) is 14.5. The molecule has 0 amide bonds. The van der Waals surface area contributed by atoms with Crippen molar-refractivity contribution < 1.29 is 14.2 Å². The van der Waals surface area contributed by atoms with Crippen molar-refractivity contribution in [3.8, 4) is 27.2 Å². The Bertz CT molecular complexity index is 1050.